The molecule has 5 nitrogen and oxygen atoms in total. The molecular formula is C15H11F5N4O. The molecule has 0 N–H and O–H groups in total. The highest BCUT2D eigenvalue weighted by Crippen LogP contribution is 2.29. The minimum atomic E-state index is -4.46. The van der Waals surface area contributed by atoms with Crippen LogP contribution in [0.2, 0.25) is 0 Å². The zero-order chi connectivity index (χ0) is 18.2. The lowest BCUT2D eigenvalue weighted by Crippen LogP contribution is -2.21. The SMILES string of the molecule is CC(F)(F)COc1cnc(-c2cn3cc(C(F)(F)F)ccc3n2)nc1. The summed E-state index contributed by atoms with van der Waals surface area (Å²) in [6.45, 7) is -0.0988. The number of pyridine rings is 1. The first-order valence-electron chi connectivity index (χ1n) is 7.01. The van der Waals surface area contributed by atoms with E-state index < -0.39 is 24.3 Å². The molecule has 0 aliphatic heterocycles. The standard InChI is InChI=1S/C15H11F5N4O/c1-14(16,17)8-25-10-4-21-13(22-5-10)11-7-24-6-9(15(18,19)20)2-3-12(24)23-11/h2-7H,8H2,1H3. The van der Waals surface area contributed by atoms with E-state index >= 15 is 0 Å². The second kappa shape index (κ2) is 5.94. The van der Waals surface area contributed by atoms with Gasteiger partial charge in [0.2, 0.25) is 0 Å². The summed E-state index contributed by atoms with van der Waals surface area (Å²) >= 11 is 0. The number of aromatic nitrogens is 4. The maximum absolute atomic E-state index is 12.7. The van der Waals surface area contributed by atoms with Crippen molar-refractivity contribution in [2.75, 3.05) is 6.61 Å². The van der Waals surface area contributed by atoms with Crippen LogP contribution >= 0.6 is 0 Å². The number of rotatable bonds is 4. The fourth-order valence-electron chi connectivity index (χ4n) is 2.00. The number of nitrogens with zero attached hydrogens (tertiary/aromatic N) is 4. The summed E-state index contributed by atoms with van der Waals surface area (Å²) in [6.07, 6.45) is 0.182. The van der Waals surface area contributed by atoms with Crippen LogP contribution in [0.1, 0.15) is 12.5 Å². The van der Waals surface area contributed by atoms with Crippen molar-refractivity contribution in [1.82, 2.24) is 19.4 Å². The van der Waals surface area contributed by atoms with Gasteiger partial charge in [-0.15, -0.1) is 0 Å². The summed E-state index contributed by atoms with van der Waals surface area (Å²) in [6, 6.07) is 2.15. The van der Waals surface area contributed by atoms with Crippen molar-refractivity contribution in [3.05, 3.63) is 42.5 Å². The Hall–Kier alpha value is -2.78. The number of halogens is 5. The van der Waals surface area contributed by atoms with Crippen molar-refractivity contribution in [3.63, 3.8) is 0 Å². The first-order valence-corrected chi connectivity index (χ1v) is 7.01. The van der Waals surface area contributed by atoms with Gasteiger partial charge in [-0.05, 0) is 12.1 Å². The molecule has 10 heteroatoms. The van der Waals surface area contributed by atoms with E-state index in [1.807, 2.05) is 0 Å². The molecule has 0 aliphatic carbocycles. The quantitative estimate of drug-likeness (QED) is 0.665. The van der Waals surface area contributed by atoms with Gasteiger partial charge in [0.1, 0.15) is 11.3 Å². The third kappa shape index (κ3) is 4.01. The predicted molar refractivity (Wildman–Crippen MR) is 77.3 cm³/mol. The van der Waals surface area contributed by atoms with Crippen LogP contribution < -0.4 is 4.74 Å². The molecule has 0 saturated carbocycles. The molecule has 25 heavy (non-hydrogen) atoms. The average molecular weight is 358 g/mol. The first-order chi connectivity index (χ1) is 11.6. The van der Waals surface area contributed by atoms with E-state index in [4.69, 9.17) is 4.74 Å². The van der Waals surface area contributed by atoms with E-state index in [2.05, 4.69) is 15.0 Å². The van der Waals surface area contributed by atoms with Crippen molar-refractivity contribution >= 4 is 5.65 Å². The largest absolute Gasteiger partial charge is 0.484 e. The monoisotopic (exact) mass is 358 g/mol. The Labute approximate surface area is 138 Å². The molecule has 3 heterocycles. The summed E-state index contributed by atoms with van der Waals surface area (Å²) in [7, 11) is 0. The van der Waals surface area contributed by atoms with E-state index in [1.165, 1.54) is 29.1 Å². The van der Waals surface area contributed by atoms with E-state index in [1.54, 1.807) is 0 Å². The minimum Gasteiger partial charge on any atom is -0.484 e. The van der Waals surface area contributed by atoms with Gasteiger partial charge in [0, 0.05) is 19.3 Å². The molecule has 0 fully saturated rings. The summed E-state index contributed by atoms with van der Waals surface area (Å²) in [5.41, 5.74) is -0.279. The van der Waals surface area contributed by atoms with Crippen LogP contribution in [0.3, 0.4) is 0 Å². The number of ether oxygens (including phenoxy) is 1. The molecular weight excluding hydrogens is 347 g/mol. The van der Waals surface area contributed by atoms with Crippen LogP contribution in [0.5, 0.6) is 5.75 Å². The number of hydrogen-bond acceptors (Lipinski definition) is 4. The molecule has 0 radical (unpaired) electrons. The first kappa shape index (κ1) is 17.1. The maximum atomic E-state index is 12.7. The molecule has 3 aromatic rings. The third-order valence-corrected chi connectivity index (χ3v) is 3.13. The van der Waals surface area contributed by atoms with Gasteiger partial charge in [-0.2, -0.15) is 13.2 Å². The molecule has 0 spiro atoms. The highest BCUT2D eigenvalue weighted by atomic mass is 19.4. The number of hydrogen-bond donors (Lipinski definition) is 0. The third-order valence-electron chi connectivity index (χ3n) is 3.13. The minimum absolute atomic E-state index is 0.0494. The molecule has 0 aromatic carbocycles. The molecule has 3 aromatic heterocycles. The van der Waals surface area contributed by atoms with Crippen molar-refractivity contribution in [2.45, 2.75) is 19.0 Å². The molecule has 3 rings (SSSR count). The lowest BCUT2D eigenvalue weighted by atomic mass is 10.3. The smallest absolute Gasteiger partial charge is 0.417 e. The lowest BCUT2D eigenvalue weighted by molar-refractivity contribution is -0.137. The van der Waals surface area contributed by atoms with Crippen molar-refractivity contribution in [1.29, 1.82) is 0 Å². The van der Waals surface area contributed by atoms with E-state index in [0.717, 1.165) is 12.3 Å². The highest BCUT2D eigenvalue weighted by Gasteiger charge is 2.31. The van der Waals surface area contributed by atoms with Crippen LogP contribution in [-0.4, -0.2) is 31.9 Å². The normalized spacial score (nSPS) is 12.6. The fraction of sp³-hybridized carbons (Fsp3) is 0.267. The second-order valence-electron chi connectivity index (χ2n) is 5.41. The predicted octanol–water partition coefficient (Wildman–Crippen LogP) is 3.84. The van der Waals surface area contributed by atoms with Gasteiger partial charge in [0.15, 0.2) is 18.2 Å². The molecule has 0 aliphatic rings. The van der Waals surface area contributed by atoms with Crippen LogP contribution in [0.25, 0.3) is 17.2 Å². The second-order valence-corrected chi connectivity index (χ2v) is 5.41. The van der Waals surface area contributed by atoms with Gasteiger partial charge in [-0.25, -0.2) is 23.7 Å². The molecule has 0 unspecified atom stereocenters. The van der Waals surface area contributed by atoms with Crippen LogP contribution in [0.4, 0.5) is 22.0 Å². The zero-order valence-corrected chi connectivity index (χ0v) is 12.8. The van der Waals surface area contributed by atoms with E-state index in [0.29, 0.717) is 6.92 Å². The Balaban J connectivity index is 1.84. The highest BCUT2D eigenvalue weighted by molar-refractivity contribution is 5.56. The molecule has 132 valence electrons. The Morgan fingerprint density at radius 3 is 2.32 bits per heavy atom. The van der Waals surface area contributed by atoms with Crippen molar-refractivity contribution < 1.29 is 26.7 Å². The van der Waals surface area contributed by atoms with E-state index in [-0.39, 0.29) is 22.9 Å². The van der Waals surface area contributed by atoms with Gasteiger partial charge in [0.25, 0.3) is 5.92 Å². The van der Waals surface area contributed by atoms with Crippen LogP contribution in [-0.2, 0) is 6.18 Å². The maximum Gasteiger partial charge on any atom is 0.417 e. The number of imidazole rings is 1. The Morgan fingerprint density at radius 2 is 1.72 bits per heavy atom. The number of fused-ring (bicyclic) bond motifs is 1. The summed E-state index contributed by atoms with van der Waals surface area (Å²) < 4.78 is 69.7. The number of alkyl halides is 5. The summed E-state index contributed by atoms with van der Waals surface area (Å²) in [4.78, 5) is 12.0. The van der Waals surface area contributed by atoms with Crippen molar-refractivity contribution in [3.8, 4) is 17.3 Å². The van der Waals surface area contributed by atoms with Gasteiger partial charge in [-0.3, -0.25) is 0 Å². The Morgan fingerprint density at radius 1 is 1.04 bits per heavy atom. The summed E-state index contributed by atoms with van der Waals surface area (Å²) in [5.74, 6) is -2.81. The van der Waals surface area contributed by atoms with Gasteiger partial charge in [0.05, 0.1) is 18.0 Å². The van der Waals surface area contributed by atoms with Gasteiger partial charge < -0.3 is 9.14 Å². The summed E-state index contributed by atoms with van der Waals surface area (Å²) in [5, 5.41) is 0. The molecule has 0 saturated heterocycles. The average Bonchev–Trinajstić information content (AvgIpc) is 2.95. The lowest BCUT2D eigenvalue weighted by Gasteiger charge is -2.11. The fourth-order valence-corrected chi connectivity index (χ4v) is 2.00. The van der Waals surface area contributed by atoms with Crippen molar-refractivity contribution in [2.24, 2.45) is 0 Å². The molecule has 0 amide bonds. The van der Waals surface area contributed by atoms with Crippen LogP contribution in [0, 0.1) is 0 Å². The van der Waals surface area contributed by atoms with Gasteiger partial charge in [-0.1, -0.05) is 0 Å². The Kier molecular flexibility index (Phi) is 4.05. The topological polar surface area (TPSA) is 52.3 Å². The molecule has 0 atom stereocenters. The van der Waals surface area contributed by atoms with Gasteiger partial charge >= 0.3 is 6.18 Å². The zero-order valence-electron chi connectivity index (χ0n) is 12.8. The molecule has 0 bridgehead atoms. The Bertz CT molecular complexity index is 884. The van der Waals surface area contributed by atoms with Crippen LogP contribution in [0.15, 0.2) is 36.9 Å². The van der Waals surface area contributed by atoms with E-state index in [9.17, 15) is 22.0 Å².